The minimum absolute atomic E-state index is 0.154. The molecule has 3 nitrogen and oxygen atoms in total. The zero-order chi connectivity index (χ0) is 13.4. The molecule has 1 N–H and O–H groups in total. The average Bonchev–Trinajstić information content (AvgIpc) is 2.36. The summed E-state index contributed by atoms with van der Waals surface area (Å²) >= 11 is 0. The summed E-state index contributed by atoms with van der Waals surface area (Å²) in [4.78, 5) is 0. The molecule has 0 aliphatic heterocycles. The van der Waals surface area contributed by atoms with Crippen LogP contribution in [0.3, 0.4) is 0 Å². The summed E-state index contributed by atoms with van der Waals surface area (Å²) in [6, 6.07) is 8.21. The van der Waals surface area contributed by atoms with E-state index in [2.05, 4.69) is 19.2 Å². The van der Waals surface area contributed by atoms with E-state index in [9.17, 15) is 4.21 Å². The lowest BCUT2D eigenvalue weighted by atomic mass is 10.1. The molecule has 4 heteroatoms. The number of ether oxygens (including phenoxy) is 1. The maximum Gasteiger partial charge on any atom is 0.119 e. The maximum atomic E-state index is 11.4. The van der Waals surface area contributed by atoms with Crippen LogP contribution in [0.25, 0.3) is 0 Å². The number of benzene rings is 1. The first-order valence-corrected chi connectivity index (χ1v) is 8.16. The summed E-state index contributed by atoms with van der Waals surface area (Å²) in [5, 5.41) is 3.36. The molecule has 0 bridgehead atoms. The Morgan fingerprint density at radius 1 is 1.28 bits per heavy atom. The molecule has 0 saturated carbocycles. The van der Waals surface area contributed by atoms with E-state index in [1.54, 1.807) is 6.26 Å². The Labute approximate surface area is 112 Å². The van der Waals surface area contributed by atoms with Gasteiger partial charge in [0, 0.05) is 28.9 Å². The van der Waals surface area contributed by atoms with Crippen molar-refractivity contribution < 1.29 is 8.95 Å². The molecule has 2 unspecified atom stereocenters. The Hall–Kier alpha value is -0.870. The summed E-state index contributed by atoms with van der Waals surface area (Å²) in [6.07, 6.45) is 2.75. The molecule has 0 aromatic heterocycles. The second kappa shape index (κ2) is 8.27. The molecule has 2 atom stereocenters. The maximum absolute atomic E-state index is 11.4. The largest absolute Gasteiger partial charge is 0.494 e. The quantitative estimate of drug-likeness (QED) is 0.788. The number of hydrogen-bond acceptors (Lipinski definition) is 3. The van der Waals surface area contributed by atoms with E-state index in [1.165, 1.54) is 0 Å². The van der Waals surface area contributed by atoms with E-state index >= 15 is 0 Å². The molecule has 1 aromatic carbocycles. The van der Waals surface area contributed by atoms with Crippen LogP contribution in [-0.4, -0.2) is 29.4 Å². The minimum Gasteiger partial charge on any atom is -0.494 e. The van der Waals surface area contributed by atoms with E-state index in [4.69, 9.17) is 4.74 Å². The normalized spacial score (nSPS) is 14.2. The van der Waals surface area contributed by atoms with Crippen molar-refractivity contribution in [3.05, 3.63) is 29.8 Å². The van der Waals surface area contributed by atoms with Crippen molar-refractivity contribution in [1.82, 2.24) is 5.32 Å². The van der Waals surface area contributed by atoms with Crippen LogP contribution in [0.1, 0.15) is 31.9 Å². The highest BCUT2D eigenvalue weighted by atomic mass is 32.2. The third kappa shape index (κ3) is 5.19. The molecule has 0 aliphatic carbocycles. The zero-order valence-corrected chi connectivity index (χ0v) is 12.3. The third-order valence-corrected chi connectivity index (χ3v) is 3.41. The van der Waals surface area contributed by atoms with E-state index in [0.29, 0.717) is 5.75 Å². The monoisotopic (exact) mass is 269 g/mol. The van der Waals surface area contributed by atoms with Gasteiger partial charge in [-0.25, -0.2) is 0 Å². The fraction of sp³-hybridized carbons (Fsp3) is 0.571. The lowest BCUT2D eigenvalue weighted by Crippen LogP contribution is -2.25. The first-order chi connectivity index (χ1) is 8.67. The van der Waals surface area contributed by atoms with Gasteiger partial charge >= 0.3 is 0 Å². The molecule has 0 heterocycles. The van der Waals surface area contributed by atoms with Crippen molar-refractivity contribution in [2.45, 2.75) is 26.3 Å². The van der Waals surface area contributed by atoms with Crippen molar-refractivity contribution in [1.29, 1.82) is 0 Å². The molecule has 0 radical (unpaired) electrons. The van der Waals surface area contributed by atoms with Crippen LogP contribution >= 0.6 is 0 Å². The minimum atomic E-state index is -0.802. The molecule has 0 saturated heterocycles. The van der Waals surface area contributed by atoms with Gasteiger partial charge in [-0.3, -0.25) is 4.21 Å². The van der Waals surface area contributed by atoms with E-state index in [1.807, 2.05) is 24.3 Å². The van der Waals surface area contributed by atoms with Crippen molar-refractivity contribution in [3.63, 3.8) is 0 Å². The fourth-order valence-electron chi connectivity index (χ4n) is 1.77. The Morgan fingerprint density at radius 3 is 2.44 bits per heavy atom. The molecule has 0 amide bonds. The van der Waals surface area contributed by atoms with E-state index < -0.39 is 10.8 Å². The van der Waals surface area contributed by atoms with E-state index in [-0.39, 0.29) is 6.04 Å². The second-order valence-corrected chi connectivity index (χ2v) is 5.75. The summed E-state index contributed by atoms with van der Waals surface area (Å²) in [6.45, 7) is 5.77. The Morgan fingerprint density at radius 2 is 1.94 bits per heavy atom. The molecule has 102 valence electrons. The zero-order valence-electron chi connectivity index (χ0n) is 11.4. The van der Waals surface area contributed by atoms with Crippen LogP contribution in [0.5, 0.6) is 5.75 Å². The number of hydrogen-bond donors (Lipinski definition) is 1. The van der Waals surface area contributed by atoms with Gasteiger partial charge in [0.25, 0.3) is 0 Å². The highest BCUT2D eigenvalue weighted by Crippen LogP contribution is 2.18. The molecule has 0 fully saturated rings. The molecular formula is C14H23NO2S. The Bertz CT molecular complexity index is 365. The summed E-state index contributed by atoms with van der Waals surface area (Å²) in [7, 11) is -0.802. The standard InChI is InChI=1S/C14H23NO2S/c1-4-10-17-13-8-6-12(7-9-13)14(15-5-2)11-18(3)16/h6-9,14-15H,4-5,10-11H2,1-3H3. The highest BCUT2D eigenvalue weighted by molar-refractivity contribution is 7.84. The van der Waals surface area contributed by atoms with E-state index in [0.717, 1.165) is 30.9 Å². The Balaban J connectivity index is 2.70. The highest BCUT2D eigenvalue weighted by Gasteiger charge is 2.11. The van der Waals surface area contributed by atoms with Crippen molar-refractivity contribution >= 4 is 10.8 Å². The SMILES string of the molecule is CCCOc1ccc(C(CS(C)=O)NCC)cc1. The summed E-state index contributed by atoms with van der Waals surface area (Å²) in [5.41, 5.74) is 1.16. The third-order valence-electron chi connectivity index (χ3n) is 2.61. The molecule has 1 rings (SSSR count). The summed E-state index contributed by atoms with van der Waals surface area (Å²) in [5.74, 6) is 1.54. The number of rotatable bonds is 8. The van der Waals surface area contributed by atoms with Crippen molar-refractivity contribution in [3.8, 4) is 5.75 Å². The van der Waals surface area contributed by atoms with Gasteiger partial charge in [0.2, 0.25) is 0 Å². The van der Waals surface area contributed by atoms with Crippen molar-refractivity contribution in [2.24, 2.45) is 0 Å². The van der Waals surface area contributed by atoms with Crippen LogP contribution in [0, 0.1) is 0 Å². The smallest absolute Gasteiger partial charge is 0.119 e. The van der Waals surface area contributed by atoms with Crippen LogP contribution in [-0.2, 0) is 10.8 Å². The van der Waals surface area contributed by atoms with Crippen LogP contribution < -0.4 is 10.1 Å². The first-order valence-electron chi connectivity index (χ1n) is 6.43. The van der Waals surface area contributed by atoms with Crippen LogP contribution in [0.2, 0.25) is 0 Å². The van der Waals surface area contributed by atoms with Gasteiger partial charge in [0.15, 0.2) is 0 Å². The first kappa shape index (κ1) is 15.2. The summed E-state index contributed by atoms with van der Waals surface area (Å²) < 4.78 is 16.9. The van der Waals surface area contributed by atoms with Crippen LogP contribution in [0.4, 0.5) is 0 Å². The van der Waals surface area contributed by atoms with Crippen molar-refractivity contribution in [2.75, 3.05) is 25.2 Å². The number of nitrogens with one attached hydrogen (secondary N) is 1. The lowest BCUT2D eigenvalue weighted by Gasteiger charge is -2.17. The predicted molar refractivity (Wildman–Crippen MR) is 77.6 cm³/mol. The molecule has 1 aromatic rings. The van der Waals surface area contributed by atoms with Gasteiger partial charge in [-0.2, -0.15) is 0 Å². The molecule has 0 spiro atoms. The Kier molecular flexibility index (Phi) is 6.98. The predicted octanol–water partition coefficient (Wildman–Crippen LogP) is 2.50. The topological polar surface area (TPSA) is 38.3 Å². The fourth-order valence-corrected chi connectivity index (χ4v) is 2.55. The van der Waals surface area contributed by atoms with Gasteiger partial charge in [0.1, 0.15) is 5.75 Å². The van der Waals surface area contributed by atoms with Gasteiger partial charge in [-0.05, 0) is 30.7 Å². The van der Waals surface area contributed by atoms with Gasteiger partial charge in [0.05, 0.1) is 6.61 Å². The molecule has 18 heavy (non-hydrogen) atoms. The second-order valence-electron chi connectivity index (χ2n) is 4.27. The average molecular weight is 269 g/mol. The van der Waals surface area contributed by atoms with Gasteiger partial charge in [-0.15, -0.1) is 0 Å². The molecule has 0 aliphatic rings. The molecular weight excluding hydrogens is 246 g/mol. The lowest BCUT2D eigenvalue weighted by molar-refractivity contribution is 0.317. The van der Waals surface area contributed by atoms with Gasteiger partial charge < -0.3 is 10.1 Å². The van der Waals surface area contributed by atoms with Gasteiger partial charge in [-0.1, -0.05) is 26.0 Å². The van der Waals surface area contributed by atoms with Crippen LogP contribution in [0.15, 0.2) is 24.3 Å².